The van der Waals surface area contributed by atoms with E-state index in [9.17, 15) is 13.2 Å². The molecule has 0 aromatic heterocycles. The van der Waals surface area contributed by atoms with Crippen molar-refractivity contribution in [3.63, 3.8) is 0 Å². The summed E-state index contributed by atoms with van der Waals surface area (Å²) < 4.78 is 31.6. The first-order valence-electron chi connectivity index (χ1n) is 9.96. The van der Waals surface area contributed by atoms with E-state index in [-0.39, 0.29) is 18.1 Å². The zero-order valence-corrected chi connectivity index (χ0v) is 18.1. The SMILES string of the molecule is CC(C)S(=O)(=O)NCCCCC(=O)Nc1ccc(N2C[C@@H](C)O[C@@H](C)C2)cc1. The minimum absolute atomic E-state index is 0.0620. The van der Waals surface area contributed by atoms with Crippen LogP contribution in [0.5, 0.6) is 0 Å². The summed E-state index contributed by atoms with van der Waals surface area (Å²) in [4.78, 5) is 14.4. The number of sulfonamides is 1. The lowest BCUT2D eigenvalue weighted by Gasteiger charge is -2.36. The zero-order valence-electron chi connectivity index (χ0n) is 17.3. The van der Waals surface area contributed by atoms with Crippen molar-refractivity contribution in [2.24, 2.45) is 0 Å². The Morgan fingerprint density at radius 1 is 1.14 bits per heavy atom. The molecule has 28 heavy (non-hydrogen) atoms. The molecular formula is C20H33N3O4S. The van der Waals surface area contributed by atoms with Crippen LogP contribution in [0.3, 0.4) is 0 Å². The maximum atomic E-state index is 12.1. The molecule has 2 rings (SSSR count). The number of hydrogen-bond donors (Lipinski definition) is 2. The van der Waals surface area contributed by atoms with Crippen LogP contribution in [-0.4, -0.2) is 51.4 Å². The van der Waals surface area contributed by atoms with Crippen LogP contribution in [0, 0.1) is 0 Å². The van der Waals surface area contributed by atoms with Gasteiger partial charge in [0.1, 0.15) is 0 Å². The molecule has 1 heterocycles. The summed E-state index contributed by atoms with van der Waals surface area (Å²) in [6.45, 7) is 9.50. The van der Waals surface area contributed by atoms with Crippen molar-refractivity contribution in [1.29, 1.82) is 0 Å². The van der Waals surface area contributed by atoms with Crippen LogP contribution in [0.25, 0.3) is 0 Å². The highest BCUT2D eigenvalue weighted by Gasteiger charge is 2.22. The number of anilines is 2. The maximum Gasteiger partial charge on any atom is 0.224 e. The fourth-order valence-electron chi connectivity index (χ4n) is 3.16. The number of carbonyl (C=O) groups excluding carboxylic acids is 1. The van der Waals surface area contributed by atoms with Gasteiger partial charge in [0.2, 0.25) is 15.9 Å². The van der Waals surface area contributed by atoms with E-state index >= 15 is 0 Å². The maximum absolute atomic E-state index is 12.1. The van der Waals surface area contributed by atoms with Crippen LogP contribution < -0.4 is 14.9 Å². The first-order valence-corrected chi connectivity index (χ1v) is 11.5. The van der Waals surface area contributed by atoms with Gasteiger partial charge in [-0.2, -0.15) is 0 Å². The monoisotopic (exact) mass is 411 g/mol. The normalized spacial score (nSPS) is 20.4. The molecule has 0 saturated carbocycles. The third-order valence-corrected chi connectivity index (χ3v) is 6.54. The Morgan fingerprint density at radius 3 is 2.32 bits per heavy atom. The number of unbranched alkanes of at least 4 members (excludes halogenated alkanes) is 1. The fraction of sp³-hybridized carbons (Fsp3) is 0.650. The standard InChI is InChI=1S/C20H33N3O4S/c1-15(2)28(25,26)21-12-6-5-7-20(24)22-18-8-10-19(11-9-18)23-13-16(3)27-17(4)14-23/h8-11,15-17,21H,5-7,12-14H2,1-4H3,(H,22,24)/t16-,17+. The molecule has 1 aliphatic heterocycles. The van der Waals surface area contributed by atoms with Gasteiger partial charge in [0, 0.05) is 37.4 Å². The molecule has 0 spiro atoms. The Kier molecular flexibility index (Phi) is 8.27. The van der Waals surface area contributed by atoms with Crippen molar-refractivity contribution in [3.8, 4) is 0 Å². The Bertz CT molecular complexity index is 724. The minimum atomic E-state index is -3.23. The highest BCUT2D eigenvalue weighted by molar-refractivity contribution is 7.90. The molecule has 8 heteroatoms. The Labute approximate surface area is 168 Å². The van der Waals surface area contributed by atoms with E-state index in [0.29, 0.717) is 25.8 Å². The second-order valence-electron chi connectivity index (χ2n) is 7.70. The molecule has 0 radical (unpaired) electrons. The molecule has 7 nitrogen and oxygen atoms in total. The van der Waals surface area contributed by atoms with Gasteiger partial charge in [0.25, 0.3) is 0 Å². The van der Waals surface area contributed by atoms with Gasteiger partial charge in [-0.1, -0.05) is 0 Å². The van der Waals surface area contributed by atoms with Gasteiger partial charge >= 0.3 is 0 Å². The van der Waals surface area contributed by atoms with Crippen molar-refractivity contribution < 1.29 is 17.9 Å². The molecular weight excluding hydrogens is 378 g/mol. The lowest BCUT2D eigenvalue weighted by molar-refractivity contribution is -0.116. The topological polar surface area (TPSA) is 87.7 Å². The number of rotatable bonds is 9. The molecule has 2 atom stereocenters. The average molecular weight is 412 g/mol. The smallest absolute Gasteiger partial charge is 0.224 e. The molecule has 1 amide bonds. The summed E-state index contributed by atoms with van der Waals surface area (Å²) >= 11 is 0. The van der Waals surface area contributed by atoms with E-state index in [1.165, 1.54) is 0 Å². The molecule has 158 valence electrons. The van der Waals surface area contributed by atoms with Crippen LogP contribution in [0.1, 0.15) is 47.0 Å². The van der Waals surface area contributed by atoms with Gasteiger partial charge in [0.05, 0.1) is 17.5 Å². The minimum Gasteiger partial charge on any atom is -0.372 e. The molecule has 2 N–H and O–H groups in total. The van der Waals surface area contributed by atoms with Crippen molar-refractivity contribution in [2.75, 3.05) is 29.9 Å². The van der Waals surface area contributed by atoms with Gasteiger partial charge in [-0.05, 0) is 64.8 Å². The van der Waals surface area contributed by atoms with Crippen molar-refractivity contribution in [3.05, 3.63) is 24.3 Å². The third kappa shape index (κ3) is 7.07. The second-order valence-corrected chi connectivity index (χ2v) is 10.0. The Balaban J connectivity index is 1.72. The summed E-state index contributed by atoms with van der Waals surface area (Å²) in [5.41, 5.74) is 1.89. The molecule has 0 unspecified atom stereocenters. The number of nitrogens with one attached hydrogen (secondary N) is 2. The van der Waals surface area contributed by atoms with Crippen LogP contribution >= 0.6 is 0 Å². The number of morpholine rings is 1. The summed E-state index contributed by atoms with van der Waals surface area (Å²) in [7, 11) is -3.23. The average Bonchev–Trinajstić information content (AvgIpc) is 2.61. The van der Waals surface area contributed by atoms with Crippen LogP contribution in [0.15, 0.2) is 24.3 Å². The van der Waals surface area contributed by atoms with E-state index in [1.54, 1.807) is 13.8 Å². The van der Waals surface area contributed by atoms with Crippen molar-refractivity contribution in [1.82, 2.24) is 4.72 Å². The molecule has 0 bridgehead atoms. The number of nitrogens with zero attached hydrogens (tertiary/aromatic N) is 1. The summed E-state index contributed by atoms with van der Waals surface area (Å²) in [5.74, 6) is -0.0620. The van der Waals surface area contributed by atoms with E-state index in [0.717, 1.165) is 24.5 Å². The van der Waals surface area contributed by atoms with Gasteiger partial charge in [-0.25, -0.2) is 13.1 Å². The number of benzene rings is 1. The van der Waals surface area contributed by atoms with Gasteiger partial charge in [-0.3, -0.25) is 4.79 Å². The lowest BCUT2D eigenvalue weighted by Crippen LogP contribution is -2.45. The molecule has 1 aliphatic rings. The van der Waals surface area contributed by atoms with Crippen LogP contribution in [0.4, 0.5) is 11.4 Å². The predicted molar refractivity (Wildman–Crippen MR) is 113 cm³/mol. The number of hydrogen-bond acceptors (Lipinski definition) is 5. The fourth-order valence-corrected chi connectivity index (χ4v) is 3.92. The zero-order chi connectivity index (χ0) is 20.7. The first kappa shape index (κ1) is 22.6. The van der Waals surface area contributed by atoms with E-state index in [4.69, 9.17) is 4.74 Å². The summed E-state index contributed by atoms with van der Waals surface area (Å²) in [6.07, 6.45) is 2.03. The Morgan fingerprint density at radius 2 is 1.75 bits per heavy atom. The predicted octanol–water partition coefficient (Wildman–Crippen LogP) is 2.74. The highest BCUT2D eigenvalue weighted by Crippen LogP contribution is 2.22. The van der Waals surface area contributed by atoms with Crippen molar-refractivity contribution >= 4 is 27.3 Å². The van der Waals surface area contributed by atoms with E-state index < -0.39 is 15.3 Å². The molecule has 1 fully saturated rings. The second kappa shape index (κ2) is 10.2. The van der Waals surface area contributed by atoms with E-state index in [1.807, 2.05) is 24.3 Å². The lowest BCUT2D eigenvalue weighted by atomic mass is 10.2. The summed E-state index contributed by atoms with van der Waals surface area (Å²) in [5, 5.41) is 2.45. The molecule has 1 aromatic rings. The summed E-state index contributed by atoms with van der Waals surface area (Å²) in [6, 6.07) is 7.85. The van der Waals surface area contributed by atoms with Crippen LogP contribution in [-0.2, 0) is 19.6 Å². The van der Waals surface area contributed by atoms with Gasteiger partial charge < -0.3 is 15.0 Å². The first-order chi connectivity index (χ1) is 13.2. The van der Waals surface area contributed by atoms with E-state index in [2.05, 4.69) is 28.8 Å². The molecule has 1 saturated heterocycles. The quantitative estimate of drug-likeness (QED) is 0.610. The number of amides is 1. The van der Waals surface area contributed by atoms with Crippen molar-refractivity contribution in [2.45, 2.75) is 64.4 Å². The Hall–Kier alpha value is -1.64. The highest BCUT2D eigenvalue weighted by atomic mass is 32.2. The molecule has 0 aliphatic carbocycles. The largest absolute Gasteiger partial charge is 0.372 e. The van der Waals surface area contributed by atoms with Gasteiger partial charge in [-0.15, -0.1) is 0 Å². The molecule has 1 aromatic carbocycles. The van der Waals surface area contributed by atoms with Crippen LogP contribution in [0.2, 0.25) is 0 Å². The van der Waals surface area contributed by atoms with Gasteiger partial charge in [0.15, 0.2) is 0 Å². The number of ether oxygens (including phenoxy) is 1. The number of carbonyl (C=O) groups is 1. The third-order valence-electron chi connectivity index (χ3n) is 4.69.